The van der Waals surface area contributed by atoms with Gasteiger partial charge in [-0.15, -0.1) is 0 Å². The van der Waals surface area contributed by atoms with Crippen LogP contribution < -0.4 is 14.4 Å². The number of ether oxygens (including phenoxy) is 1. The molecule has 160 valence electrons. The number of anilines is 1. The third kappa shape index (κ3) is 4.17. The van der Waals surface area contributed by atoms with Gasteiger partial charge in [-0.3, -0.25) is 9.10 Å². The summed E-state index contributed by atoms with van der Waals surface area (Å²) in [6, 6.07) is 12.3. The first-order valence-electron chi connectivity index (χ1n) is 10.5. The fourth-order valence-corrected chi connectivity index (χ4v) is 5.57. The number of sulfonamides is 1. The van der Waals surface area contributed by atoms with Crippen molar-refractivity contribution < 1.29 is 17.9 Å². The van der Waals surface area contributed by atoms with Crippen LogP contribution in [0.2, 0.25) is 0 Å². The fraction of sp³-hybridized carbons (Fsp3) is 0.435. The highest BCUT2D eigenvalue weighted by Gasteiger charge is 2.38. The highest BCUT2D eigenvalue weighted by Crippen LogP contribution is 2.38. The van der Waals surface area contributed by atoms with E-state index in [2.05, 4.69) is 5.32 Å². The normalized spacial score (nSPS) is 19.7. The molecule has 1 N–H and O–H groups in total. The molecule has 0 radical (unpaired) electrons. The van der Waals surface area contributed by atoms with Gasteiger partial charge in [-0.25, -0.2) is 8.42 Å². The minimum Gasteiger partial charge on any atom is -0.476 e. The van der Waals surface area contributed by atoms with Gasteiger partial charge in [-0.1, -0.05) is 43.0 Å². The monoisotopic (exact) mass is 428 g/mol. The SMILES string of the molecule is Cc1ccc(S(=O)(=O)N2C[C@H](C(=O)NC3CCCCC3)Oc3ccc(C)cc32)cc1. The van der Waals surface area contributed by atoms with Crippen molar-refractivity contribution in [2.24, 2.45) is 0 Å². The fourth-order valence-electron chi connectivity index (χ4n) is 4.10. The van der Waals surface area contributed by atoms with E-state index in [4.69, 9.17) is 4.74 Å². The minimum atomic E-state index is -3.84. The Morgan fingerprint density at radius 2 is 1.67 bits per heavy atom. The maximum absolute atomic E-state index is 13.5. The van der Waals surface area contributed by atoms with Crippen LogP contribution >= 0.6 is 0 Å². The number of benzene rings is 2. The van der Waals surface area contributed by atoms with Crippen molar-refractivity contribution in [1.29, 1.82) is 0 Å². The van der Waals surface area contributed by atoms with Crippen molar-refractivity contribution in [3.8, 4) is 5.75 Å². The van der Waals surface area contributed by atoms with Gasteiger partial charge in [0.1, 0.15) is 5.75 Å². The number of carbonyl (C=O) groups excluding carboxylic acids is 1. The van der Waals surface area contributed by atoms with Crippen molar-refractivity contribution in [3.05, 3.63) is 53.6 Å². The number of rotatable bonds is 4. The predicted octanol–water partition coefficient (Wildman–Crippen LogP) is 3.71. The summed E-state index contributed by atoms with van der Waals surface area (Å²) in [5, 5.41) is 3.06. The zero-order chi connectivity index (χ0) is 21.3. The Balaban J connectivity index is 1.65. The summed E-state index contributed by atoms with van der Waals surface area (Å²) in [5.41, 5.74) is 2.38. The van der Waals surface area contributed by atoms with E-state index >= 15 is 0 Å². The van der Waals surface area contributed by atoms with Crippen LogP contribution in [-0.2, 0) is 14.8 Å². The molecule has 2 aliphatic rings. The Morgan fingerprint density at radius 1 is 1.00 bits per heavy atom. The molecule has 4 rings (SSSR count). The Labute approximate surface area is 178 Å². The topological polar surface area (TPSA) is 75.7 Å². The van der Waals surface area contributed by atoms with Crippen LogP contribution in [0.5, 0.6) is 5.75 Å². The van der Waals surface area contributed by atoms with Crippen LogP contribution in [0, 0.1) is 13.8 Å². The molecule has 6 nitrogen and oxygen atoms in total. The lowest BCUT2D eigenvalue weighted by atomic mass is 9.95. The quantitative estimate of drug-likeness (QED) is 0.806. The molecule has 2 aromatic carbocycles. The molecule has 1 atom stereocenters. The second-order valence-corrected chi connectivity index (χ2v) is 10.1. The first-order chi connectivity index (χ1) is 14.3. The van der Waals surface area contributed by atoms with Gasteiger partial charge in [0.2, 0.25) is 0 Å². The van der Waals surface area contributed by atoms with Crippen LogP contribution in [0.15, 0.2) is 47.4 Å². The zero-order valence-corrected chi connectivity index (χ0v) is 18.2. The molecule has 7 heteroatoms. The average Bonchev–Trinajstić information content (AvgIpc) is 2.74. The third-order valence-corrected chi connectivity index (χ3v) is 7.63. The van der Waals surface area contributed by atoms with Gasteiger partial charge in [0, 0.05) is 6.04 Å². The Hall–Kier alpha value is -2.54. The van der Waals surface area contributed by atoms with Gasteiger partial charge in [0.25, 0.3) is 15.9 Å². The standard InChI is InChI=1S/C23H28N2O4S/c1-16-8-11-19(12-9-16)30(27,28)25-15-22(23(26)24-18-6-4-3-5-7-18)29-21-13-10-17(2)14-20(21)25/h8-14,18,22H,3-7,15H2,1-2H3,(H,24,26)/t22-/m1/s1. The molecule has 0 bridgehead atoms. The first kappa shape index (κ1) is 20.7. The van der Waals surface area contributed by atoms with Crippen LogP contribution in [0.4, 0.5) is 5.69 Å². The summed E-state index contributed by atoms with van der Waals surface area (Å²) < 4.78 is 34.2. The maximum Gasteiger partial charge on any atom is 0.264 e. The molecule has 1 heterocycles. The predicted molar refractivity (Wildman–Crippen MR) is 116 cm³/mol. The smallest absolute Gasteiger partial charge is 0.264 e. The highest BCUT2D eigenvalue weighted by atomic mass is 32.2. The van der Waals surface area contributed by atoms with Crippen LogP contribution in [0.3, 0.4) is 0 Å². The number of hydrogen-bond acceptors (Lipinski definition) is 4. The Kier molecular flexibility index (Phi) is 5.73. The van der Waals surface area contributed by atoms with Crippen molar-refractivity contribution in [2.45, 2.75) is 63.0 Å². The summed E-state index contributed by atoms with van der Waals surface area (Å²) in [4.78, 5) is 13.1. The van der Waals surface area contributed by atoms with Crippen molar-refractivity contribution in [3.63, 3.8) is 0 Å². The summed E-state index contributed by atoms with van der Waals surface area (Å²) in [7, 11) is -3.84. The van der Waals surface area contributed by atoms with Gasteiger partial charge < -0.3 is 10.1 Å². The third-order valence-electron chi connectivity index (χ3n) is 5.84. The molecule has 0 saturated heterocycles. The molecular weight excluding hydrogens is 400 g/mol. The first-order valence-corrected chi connectivity index (χ1v) is 12.0. The molecule has 1 fully saturated rings. The molecule has 1 saturated carbocycles. The molecule has 30 heavy (non-hydrogen) atoms. The van der Waals surface area contributed by atoms with Crippen LogP contribution in [0.1, 0.15) is 43.2 Å². The van der Waals surface area contributed by atoms with E-state index in [0.717, 1.165) is 36.8 Å². The number of hydrogen-bond donors (Lipinski definition) is 1. The van der Waals surface area contributed by atoms with Gasteiger partial charge in [0.05, 0.1) is 17.1 Å². The van der Waals surface area contributed by atoms with Crippen molar-refractivity contribution >= 4 is 21.6 Å². The van der Waals surface area contributed by atoms with Crippen LogP contribution in [0.25, 0.3) is 0 Å². The van der Waals surface area contributed by atoms with E-state index < -0.39 is 16.1 Å². The van der Waals surface area contributed by atoms with E-state index in [9.17, 15) is 13.2 Å². The molecule has 0 unspecified atom stereocenters. The summed E-state index contributed by atoms with van der Waals surface area (Å²) in [5.74, 6) is 0.156. The molecule has 2 aromatic rings. The summed E-state index contributed by atoms with van der Waals surface area (Å²) in [6.07, 6.45) is 4.43. The molecule has 0 spiro atoms. The van der Waals surface area contributed by atoms with Gasteiger partial charge in [0.15, 0.2) is 6.10 Å². The van der Waals surface area contributed by atoms with Crippen LogP contribution in [-0.4, -0.2) is 33.0 Å². The minimum absolute atomic E-state index is 0.0504. The number of fused-ring (bicyclic) bond motifs is 1. The van der Waals surface area contributed by atoms with E-state index in [1.54, 1.807) is 36.4 Å². The van der Waals surface area contributed by atoms with Gasteiger partial charge in [-0.05, 0) is 56.5 Å². The highest BCUT2D eigenvalue weighted by molar-refractivity contribution is 7.92. The van der Waals surface area contributed by atoms with Gasteiger partial charge in [-0.2, -0.15) is 0 Å². The lowest BCUT2D eigenvalue weighted by molar-refractivity contribution is -0.128. The van der Waals surface area contributed by atoms with Crippen molar-refractivity contribution in [1.82, 2.24) is 5.32 Å². The second kappa shape index (κ2) is 8.30. The number of nitrogens with one attached hydrogen (secondary N) is 1. The number of carbonyl (C=O) groups is 1. The molecule has 0 aromatic heterocycles. The van der Waals surface area contributed by atoms with Crippen molar-refractivity contribution in [2.75, 3.05) is 10.8 Å². The second-order valence-electron chi connectivity index (χ2n) is 8.27. The molecule has 1 aliphatic carbocycles. The summed E-state index contributed by atoms with van der Waals surface area (Å²) >= 11 is 0. The average molecular weight is 429 g/mol. The molecular formula is C23H28N2O4S. The Bertz CT molecular complexity index is 1030. The lowest BCUT2D eigenvalue weighted by Gasteiger charge is -2.36. The molecule has 1 aliphatic heterocycles. The molecule has 1 amide bonds. The number of amides is 1. The van der Waals surface area contributed by atoms with E-state index in [-0.39, 0.29) is 23.4 Å². The maximum atomic E-state index is 13.5. The Morgan fingerprint density at radius 3 is 2.37 bits per heavy atom. The van der Waals surface area contributed by atoms with Gasteiger partial charge >= 0.3 is 0 Å². The zero-order valence-electron chi connectivity index (χ0n) is 17.4. The summed E-state index contributed by atoms with van der Waals surface area (Å²) in [6.45, 7) is 3.76. The lowest BCUT2D eigenvalue weighted by Crippen LogP contribution is -2.52. The van der Waals surface area contributed by atoms with E-state index in [1.165, 1.54) is 10.7 Å². The number of aryl methyl sites for hydroxylation is 2. The number of nitrogens with zero attached hydrogens (tertiary/aromatic N) is 1. The van der Waals surface area contributed by atoms with E-state index in [1.807, 2.05) is 19.9 Å². The van der Waals surface area contributed by atoms with E-state index in [0.29, 0.717) is 11.4 Å². The largest absolute Gasteiger partial charge is 0.476 e.